The lowest BCUT2D eigenvalue weighted by atomic mass is 10.0. The van der Waals surface area contributed by atoms with Crippen LogP contribution >= 0.6 is 0 Å². The molecule has 25 heavy (non-hydrogen) atoms. The number of carbonyl (C=O) groups excluding carboxylic acids is 1. The van der Waals surface area contributed by atoms with Gasteiger partial charge in [-0.1, -0.05) is 6.42 Å². The predicted molar refractivity (Wildman–Crippen MR) is 100 cm³/mol. The van der Waals surface area contributed by atoms with Crippen molar-refractivity contribution in [2.24, 2.45) is 0 Å². The Morgan fingerprint density at radius 1 is 1.12 bits per heavy atom. The van der Waals surface area contributed by atoms with E-state index in [4.69, 9.17) is 0 Å². The van der Waals surface area contributed by atoms with Crippen LogP contribution in [-0.2, 0) is 14.8 Å². The fourth-order valence-corrected chi connectivity index (χ4v) is 4.96. The minimum atomic E-state index is -3.37. The summed E-state index contributed by atoms with van der Waals surface area (Å²) in [6.07, 6.45) is 5.87. The summed E-state index contributed by atoms with van der Waals surface area (Å²) in [5.41, 5.74) is 3.07. The zero-order valence-corrected chi connectivity index (χ0v) is 15.8. The Labute approximate surface area is 150 Å². The number of benzene rings is 1. The molecule has 1 unspecified atom stereocenters. The van der Waals surface area contributed by atoms with Crippen molar-refractivity contribution >= 4 is 27.3 Å². The van der Waals surface area contributed by atoms with Crippen LogP contribution in [0.15, 0.2) is 18.2 Å². The maximum Gasteiger partial charge on any atom is 0.242 e. The zero-order chi connectivity index (χ0) is 18.0. The average molecular weight is 365 g/mol. The summed E-state index contributed by atoms with van der Waals surface area (Å²) in [6, 6.07) is 5.32. The number of nitrogens with zero attached hydrogens (tertiary/aromatic N) is 2. The molecule has 2 aliphatic rings. The summed E-state index contributed by atoms with van der Waals surface area (Å²) in [4.78, 5) is 15.0. The second kappa shape index (κ2) is 7.33. The third-order valence-corrected chi connectivity index (χ3v) is 6.38. The summed E-state index contributed by atoms with van der Waals surface area (Å²) in [5, 5.41) is 2.91. The molecular formula is C18H27N3O3S. The van der Waals surface area contributed by atoms with E-state index in [9.17, 15) is 13.2 Å². The second-order valence-electron chi connectivity index (χ2n) is 7.07. The highest BCUT2D eigenvalue weighted by Crippen LogP contribution is 2.27. The van der Waals surface area contributed by atoms with Gasteiger partial charge < -0.3 is 10.2 Å². The van der Waals surface area contributed by atoms with Crippen LogP contribution in [0.25, 0.3) is 0 Å². The molecule has 0 spiro atoms. The number of hydrogen-bond acceptors (Lipinski definition) is 4. The fourth-order valence-electron chi connectivity index (χ4n) is 3.84. The highest BCUT2D eigenvalue weighted by Gasteiger charge is 2.34. The molecule has 1 aromatic carbocycles. The van der Waals surface area contributed by atoms with Crippen molar-refractivity contribution in [2.75, 3.05) is 36.1 Å². The molecule has 2 heterocycles. The monoisotopic (exact) mass is 365 g/mol. The van der Waals surface area contributed by atoms with Crippen LogP contribution in [0.1, 0.15) is 37.7 Å². The molecule has 0 radical (unpaired) electrons. The topological polar surface area (TPSA) is 69.7 Å². The van der Waals surface area contributed by atoms with Crippen LogP contribution in [0, 0.1) is 6.92 Å². The summed E-state index contributed by atoms with van der Waals surface area (Å²) < 4.78 is 25.2. The Hall–Kier alpha value is -1.60. The van der Waals surface area contributed by atoms with E-state index in [-0.39, 0.29) is 5.91 Å². The van der Waals surface area contributed by atoms with Gasteiger partial charge in [-0.3, -0.25) is 4.79 Å². The van der Waals surface area contributed by atoms with E-state index < -0.39 is 16.1 Å². The van der Waals surface area contributed by atoms with Crippen LogP contribution < -0.4 is 10.2 Å². The van der Waals surface area contributed by atoms with Gasteiger partial charge in [0.15, 0.2) is 0 Å². The Balaban J connectivity index is 1.72. The molecule has 3 rings (SSSR count). The van der Waals surface area contributed by atoms with Gasteiger partial charge in [0.1, 0.15) is 6.04 Å². The van der Waals surface area contributed by atoms with E-state index in [0.717, 1.165) is 37.2 Å². The summed E-state index contributed by atoms with van der Waals surface area (Å²) in [5.74, 6) is -0.238. The lowest BCUT2D eigenvalue weighted by Crippen LogP contribution is -2.49. The molecule has 2 saturated heterocycles. The van der Waals surface area contributed by atoms with Crippen LogP contribution in [0.3, 0.4) is 0 Å². The van der Waals surface area contributed by atoms with E-state index in [0.29, 0.717) is 13.0 Å². The van der Waals surface area contributed by atoms with E-state index in [2.05, 4.69) is 10.2 Å². The third-order valence-electron chi connectivity index (χ3n) is 5.09. The zero-order valence-electron chi connectivity index (χ0n) is 15.0. The Morgan fingerprint density at radius 2 is 1.80 bits per heavy atom. The minimum Gasteiger partial charge on any atom is -0.371 e. The number of sulfonamides is 1. The van der Waals surface area contributed by atoms with Gasteiger partial charge in [0, 0.05) is 31.0 Å². The first-order chi connectivity index (χ1) is 11.9. The van der Waals surface area contributed by atoms with Gasteiger partial charge >= 0.3 is 0 Å². The first-order valence-electron chi connectivity index (χ1n) is 8.99. The average Bonchev–Trinajstić information content (AvgIpc) is 3.08. The number of piperidine rings is 1. The molecule has 1 atom stereocenters. The van der Waals surface area contributed by atoms with Crippen LogP contribution in [0.5, 0.6) is 0 Å². The SMILES string of the molecule is Cc1cc(NC(=O)C2CCCCN2S(C)(=O)=O)ccc1N1CCCC1. The molecule has 1 aromatic rings. The van der Waals surface area contributed by atoms with Crippen LogP contribution in [-0.4, -0.2) is 50.6 Å². The van der Waals surface area contributed by atoms with Gasteiger partial charge in [-0.15, -0.1) is 0 Å². The summed E-state index contributed by atoms with van der Waals surface area (Å²) in [7, 11) is -3.37. The molecule has 6 nitrogen and oxygen atoms in total. The van der Waals surface area contributed by atoms with E-state index >= 15 is 0 Å². The van der Waals surface area contributed by atoms with Crippen molar-refractivity contribution in [3.8, 4) is 0 Å². The molecular weight excluding hydrogens is 338 g/mol. The number of carbonyl (C=O) groups is 1. The standard InChI is InChI=1S/C18H27N3O3S/c1-14-13-15(8-9-16(14)20-10-5-6-11-20)19-18(22)17-7-3-4-12-21(17)25(2,23)24/h8-9,13,17H,3-7,10-12H2,1-2H3,(H,19,22). The lowest BCUT2D eigenvalue weighted by molar-refractivity contribution is -0.120. The van der Waals surface area contributed by atoms with E-state index in [1.165, 1.54) is 29.1 Å². The molecule has 0 saturated carbocycles. The van der Waals surface area contributed by atoms with Gasteiger partial charge in [0.05, 0.1) is 6.26 Å². The van der Waals surface area contributed by atoms with E-state index in [1.807, 2.05) is 25.1 Å². The largest absolute Gasteiger partial charge is 0.371 e. The fraction of sp³-hybridized carbons (Fsp3) is 0.611. The molecule has 0 aromatic heterocycles. The number of hydrogen-bond donors (Lipinski definition) is 1. The Morgan fingerprint density at radius 3 is 2.44 bits per heavy atom. The number of amides is 1. The lowest BCUT2D eigenvalue weighted by Gasteiger charge is -2.32. The number of nitrogens with one attached hydrogen (secondary N) is 1. The van der Waals surface area contributed by atoms with Gasteiger partial charge in [-0.2, -0.15) is 4.31 Å². The highest BCUT2D eigenvalue weighted by molar-refractivity contribution is 7.88. The normalized spacial score (nSPS) is 22.2. The molecule has 0 bridgehead atoms. The van der Waals surface area contributed by atoms with Gasteiger partial charge in [-0.25, -0.2) is 8.42 Å². The van der Waals surface area contributed by atoms with Crippen molar-refractivity contribution in [2.45, 2.75) is 45.1 Å². The maximum absolute atomic E-state index is 12.6. The Kier molecular flexibility index (Phi) is 5.34. The highest BCUT2D eigenvalue weighted by atomic mass is 32.2. The predicted octanol–water partition coefficient (Wildman–Crippen LogP) is 2.35. The van der Waals surface area contributed by atoms with Crippen molar-refractivity contribution in [1.29, 1.82) is 0 Å². The molecule has 2 fully saturated rings. The van der Waals surface area contributed by atoms with Crippen molar-refractivity contribution in [3.63, 3.8) is 0 Å². The number of aryl methyl sites for hydroxylation is 1. The summed E-state index contributed by atoms with van der Waals surface area (Å²) in [6.45, 7) is 4.63. The molecule has 1 amide bonds. The molecule has 2 aliphatic heterocycles. The van der Waals surface area contributed by atoms with Gasteiger partial charge in [-0.05, 0) is 56.4 Å². The molecule has 7 heteroatoms. The first kappa shape index (κ1) is 18.2. The van der Waals surface area contributed by atoms with Gasteiger partial charge in [0.25, 0.3) is 0 Å². The second-order valence-corrected chi connectivity index (χ2v) is 9.01. The van der Waals surface area contributed by atoms with Crippen molar-refractivity contribution in [3.05, 3.63) is 23.8 Å². The van der Waals surface area contributed by atoms with E-state index in [1.54, 1.807) is 0 Å². The van der Waals surface area contributed by atoms with Crippen LogP contribution in [0.4, 0.5) is 11.4 Å². The maximum atomic E-state index is 12.6. The van der Waals surface area contributed by atoms with Gasteiger partial charge in [0.2, 0.25) is 15.9 Å². The molecule has 1 N–H and O–H groups in total. The third kappa shape index (κ3) is 4.15. The van der Waals surface area contributed by atoms with Crippen LogP contribution in [0.2, 0.25) is 0 Å². The first-order valence-corrected chi connectivity index (χ1v) is 10.8. The minimum absolute atomic E-state index is 0.238. The van der Waals surface area contributed by atoms with Crippen molar-refractivity contribution in [1.82, 2.24) is 4.31 Å². The molecule has 0 aliphatic carbocycles. The van der Waals surface area contributed by atoms with Crippen molar-refractivity contribution < 1.29 is 13.2 Å². The Bertz CT molecular complexity index is 742. The number of anilines is 2. The quantitative estimate of drug-likeness (QED) is 0.889. The number of rotatable bonds is 4. The molecule has 138 valence electrons. The smallest absolute Gasteiger partial charge is 0.242 e. The summed E-state index contributed by atoms with van der Waals surface area (Å²) >= 11 is 0.